The first-order valence-corrected chi connectivity index (χ1v) is 6.92. The van der Waals surface area contributed by atoms with Crippen LogP contribution < -0.4 is 4.74 Å². The third kappa shape index (κ3) is 3.68. The van der Waals surface area contributed by atoms with Crippen molar-refractivity contribution in [1.82, 2.24) is 0 Å². The third-order valence-corrected chi connectivity index (χ3v) is 4.39. The molecule has 0 saturated heterocycles. The maximum atomic E-state index is 12.1. The number of ether oxygens (including phenoxy) is 1. The molecular weight excluding hydrogens is 254 g/mol. The van der Waals surface area contributed by atoms with Gasteiger partial charge in [0.25, 0.3) is 0 Å². The van der Waals surface area contributed by atoms with E-state index >= 15 is 0 Å². The smallest absolute Gasteiger partial charge is 0.235 e. The zero-order chi connectivity index (χ0) is 13.8. The van der Waals surface area contributed by atoms with E-state index in [-0.39, 0.29) is 10.6 Å². The summed E-state index contributed by atoms with van der Waals surface area (Å²) in [4.78, 5) is 13.9. The summed E-state index contributed by atoms with van der Waals surface area (Å²) in [5.41, 5.74) is -0.986. The molecule has 0 heterocycles. The van der Waals surface area contributed by atoms with Crippen LogP contribution in [0.5, 0.6) is 5.75 Å². The van der Waals surface area contributed by atoms with Gasteiger partial charge in [-0.15, -0.1) is 0 Å². The first-order valence-electron chi connectivity index (χ1n) is 5.26. The molecule has 1 aromatic rings. The zero-order valence-electron chi connectivity index (χ0n) is 10.5. The van der Waals surface area contributed by atoms with Gasteiger partial charge in [0.15, 0.2) is 9.84 Å². The van der Waals surface area contributed by atoms with Crippen LogP contribution in [-0.4, -0.2) is 32.9 Å². The first kappa shape index (κ1) is 14.4. The molecule has 0 N–H and O–H groups in total. The molecular formula is C12H15NO4S. The van der Waals surface area contributed by atoms with E-state index in [1.54, 1.807) is 26.0 Å². The van der Waals surface area contributed by atoms with Gasteiger partial charge >= 0.3 is 0 Å². The average Bonchev–Trinajstić information content (AvgIpc) is 2.27. The Morgan fingerprint density at radius 3 is 2.28 bits per heavy atom. The van der Waals surface area contributed by atoms with E-state index in [2.05, 4.69) is 4.99 Å². The predicted molar refractivity (Wildman–Crippen MR) is 67.2 cm³/mol. The standard InChI is InChI=1S/C12H15NO4S/c1-12(2,13-9-14)8-18(15,16)11-6-4-10(17-3)5-7-11/h4-7H,8H2,1-3H3. The Morgan fingerprint density at radius 2 is 1.83 bits per heavy atom. The van der Waals surface area contributed by atoms with Crippen LogP contribution >= 0.6 is 0 Å². The summed E-state index contributed by atoms with van der Waals surface area (Å²) in [7, 11) is -1.99. The van der Waals surface area contributed by atoms with Crippen molar-refractivity contribution in [2.45, 2.75) is 24.3 Å². The van der Waals surface area contributed by atoms with Gasteiger partial charge in [0.05, 0.1) is 23.3 Å². The van der Waals surface area contributed by atoms with Crippen molar-refractivity contribution in [3.8, 4) is 5.75 Å². The Bertz CT molecular complexity index is 554. The normalized spacial score (nSPS) is 11.7. The SMILES string of the molecule is COc1ccc(S(=O)(=O)CC(C)(C)N=C=O)cc1. The number of methoxy groups -OCH3 is 1. The molecule has 0 saturated carbocycles. The molecule has 1 rings (SSSR count). The number of hydrogen-bond acceptors (Lipinski definition) is 5. The number of hydrogen-bond donors (Lipinski definition) is 0. The number of rotatable bonds is 5. The second-order valence-corrected chi connectivity index (χ2v) is 6.44. The Labute approximate surface area is 106 Å². The molecule has 0 fully saturated rings. The van der Waals surface area contributed by atoms with Gasteiger partial charge in [-0.1, -0.05) is 0 Å². The van der Waals surface area contributed by atoms with Gasteiger partial charge in [0.1, 0.15) is 5.75 Å². The fourth-order valence-electron chi connectivity index (χ4n) is 1.49. The lowest BCUT2D eigenvalue weighted by Crippen LogP contribution is -2.28. The second-order valence-electron chi connectivity index (χ2n) is 4.45. The van der Waals surface area contributed by atoms with E-state index in [0.29, 0.717) is 5.75 Å². The van der Waals surface area contributed by atoms with Crippen LogP contribution in [0.2, 0.25) is 0 Å². The summed E-state index contributed by atoms with van der Waals surface area (Å²) in [5.74, 6) is 0.334. The molecule has 0 aliphatic carbocycles. The van der Waals surface area contributed by atoms with Crippen molar-refractivity contribution >= 4 is 15.9 Å². The van der Waals surface area contributed by atoms with Crippen molar-refractivity contribution in [2.75, 3.05) is 12.9 Å². The topological polar surface area (TPSA) is 72.8 Å². The van der Waals surface area contributed by atoms with Crippen LogP contribution in [0.3, 0.4) is 0 Å². The fraction of sp³-hybridized carbons (Fsp3) is 0.417. The Balaban J connectivity index is 3.02. The minimum Gasteiger partial charge on any atom is -0.497 e. The molecule has 0 atom stereocenters. The molecule has 0 unspecified atom stereocenters. The number of aliphatic imine (C=N–C) groups is 1. The Kier molecular flexibility index (Phi) is 4.27. The quantitative estimate of drug-likeness (QED) is 0.601. The van der Waals surface area contributed by atoms with E-state index in [4.69, 9.17) is 4.74 Å². The number of nitrogens with zero attached hydrogens (tertiary/aromatic N) is 1. The highest BCUT2D eigenvalue weighted by Gasteiger charge is 2.27. The minimum atomic E-state index is -3.49. The molecule has 0 amide bonds. The van der Waals surface area contributed by atoms with E-state index < -0.39 is 15.4 Å². The highest BCUT2D eigenvalue weighted by Crippen LogP contribution is 2.21. The molecule has 0 aromatic heterocycles. The third-order valence-electron chi connectivity index (χ3n) is 2.31. The zero-order valence-corrected chi connectivity index (χ0v) is 11.3. The van der Waals surface area contributed by atoms with Crippen molar-refractivity contribution in [1.29, 1.82) is 0 Å². The van der Waals surface area contributed by atoms with E-state index in [1.165, 1.54) is 25.3 Å². The van der Waals surface area contributed by atoms with Crippen LogP contribution in [0.1, 0.15) is 13.8 Å². The average molecular weight is 269 g/mol. The van der Waals surface area contributed by atoms with Crippen molar-refractivity contribution in [2.24, 2.45) is 4.99 Å². The lowest BCUT2D eigenvalue weighted by Gasteiger charge is -2.17. The van der Waals surface area contributed by atoms with Crippen LogP contribution in [0.4, 0.5) is 0 Å². The summed E-state index contributed by atoms with van der Waals surface area (Å²) >= 11 is 0. The van der Waals surface area contributed by atoms with Crippen LogP contribution in [0, 0.1) is 0 Å². The number of carbonyl (C=O) groups excluding carboxylic acids is 1. The molecule has 6 heteroatoms. The maximum absolute atomic E-state index is 12.1. The Morgan fingerprint density at radius 1 is 1.28 bits per heavy atom. The molecule has 0 spiro atoms. The fourth-order valence-corrected chi connectivity index (χ4v) is 3.20. The summed E-state index contributed by atoms with van der Waals surface area (Å²) in [6.45, 7) is 3.14. The molecule has 1 aromatic carbocycles. The van der Waals surface area contributed by atoms with Crippen LogP contribution in [-0.2, 0) is 14.6 Å². The molecule has 0 bridgehead atoms. The summed E-state index contributed by atoms with van der Waals surface area (Å²) in [6.07, 6.45) is 1.39. The molecule has 18 heavy (non-hydrogen) atoms. The van der Waals surface area contributed by atoms with Gasteiger partial charge in [0, 0.05) is 0 Å². The second kappa shape index (κ2) is 5.33. The van der Waals surface area contributed by atoms with E-state index in [1.807, 2.05) is 0 Å². The van der Waals surface area contributed by atoms with Crippen molar-refractivity contribution in [3.63, 3.8) is 0 Å². The highest BCUT2D eigenvalue weighted by atomic mass is 32.2. The van der Waals surface area contributed by atoms with Gasteiger partial charge in [0.2, 0.25) is 6.08 Å². The van der Waals surface area contributed by atoms with Gasteiger partial charge in [-0.05, 0) is 38.1 Å². The van der Waals surface area contributed by atoms with Crippen molar-refractivity contribution < 1.29 is 17.9 Å². The van der Waals surface area contributed by atoms with Gasteiger partial charge in [-0.3, -0.25) is 0 Å². The highest BCUT2D eigenvalue weighted by molar-refractivity contribution is 7.91. The summed E-state index contributed by atoms with van der Waals surface area (Å²) in [6, 6.07) is 6.08. The molecule has 0 aliphatic rings. The maximum Gasteiger partial charge on any atom is 0.235 e. The van der Waals surface area contributed by atoms with Crippen LogP contribution in [0.15, 0.2) is 34.2 Å². The summed E-state index contributed by atoms with van der Waals surface area (Å²) < 4.78 is 29.1. The van der Waals surface area contributed by atoms with Gasteiger partial charge in [-0.25, -0.2) is 13.2 Å². The number of sulfone groups is 1. The minimum absolute atomic E-state index is 0.178. The predicted octanol–water partition coefficient (Wildman–Crippen LogP) is 1.58. The molecule has 98 valence electrons. The van der Waals surface area contributed by atoms with Crippen molar-refractivity contribution in [3.05, 3.63) is 24.3 Å². The largest absolute Gasteiger partial charge is 0.497 e. The molecule has 5 nitrogen and oxygen atoms in total. The van der Waals surface area contributed by atoms with Gasteiger partial charge < -0.3 is 4.74 Å². The lowest BCUT2D eigenvalue weighted by molar-refractivity contribution is 0.414. The Hall–Kier alpha value is -1.65. The molecule has 0 aliphatic heterocycles. The van der Waals surface area contributed by atoms with E-state index in [0.717, 1.165) is 0 Å². The number of benzene rings is 1. The lowest BCUT2D eigenvalue weighted by atomic mass is 10.1. The van der Waals surface area contributed by atoms with E-state index in [9.17, 15) is 13.2 Å². The molecule has 0 radical (unpaired) electrons. The first-order chi connectivity index (χ1) is 8.30. The van der Waals surface area contributed by atoms with Gasteiger partial charge in [-0.2, -0.15) is 4.99 Å². The summed E-state index contributed by atoms with van der Waals surface area (Å²) in [5, 5.41) is 0. The van der Waals surface area contributed by atoms with Crippen LogP contribution in [0.25, 0.3) is 0 Å². The number of isocyanates is 1. The monoisotopic (exact) mass is 269 g/mol.